The number of rotatable bonds is 3. The molecule has 0 saturated carbocycles. The third-order valence-corrected chi connectivity index (χ3v) is 4.88. The molecule has 10 heteroatoms. The monoisotopic (exact) mass is 369 g/mol. The molecule has 130 valence electrons. The van der Waals surface area contributed by atoms with E-state index in [1.54, 1.807) is 24.3 Å². The second-order valence-corrected chi connectivity index (χ2v) is 7.83. The van der Waals surface area contributed by atoms with Gasteiger partial charge in [0.05, 0.1) is 4.75 Å². The minimum atomic E-state index is -0.864. The van der Waals surface area contributed by atoms with Gasteiger partial charge in [0.2, 0.25) is 0 Å². The number of hydroxylamine groups is 2. The molecule has 1 saturated heterocycles. The van der Waals surface area contributed by atoms with Crippen molar-refractivity contribution < 1.29 is 14.8 Å². The van der Waals surface area contributed by atoms with E-state index < -0.39 is 23.0 Å². The van der Waals surface area contributed by atoms with Gasteiger partial charge in [0.25, 0.3) is 0 Å². The Hall–Kier alpha value is -2.04. The van der Waals surface area contributed by atoms with Crippen LogP contribution in [0.2, 0.25) is 0 Å². The SMILES string of the molecule is CNC(=O)N(O)[C@@H]1N(NC(=O)Nc2ccccc2)C(=S)SC1(C)C. The highest BCUT2D eigenvalue weighted by Gasteiger charge is 2.50. The van der Waals surface area contributed by atoms with Crippen LogP contribution in [-0.4, -0.2) is 49.6 Å². The predicted molar refractivity (Wildman–Crippen MR) is 96.6 cm³/mol. The van der Waals surface area contributed by atoms with Gasteiger partial charge in [-0.05, 0) is 26.0 Å². The topological polar surface area (TPSA) is 96.9 Å². The molecule has 0 aliphatic carbocycles. The highest BCUT2D eigenvalue weighted by molar-refractivity contribution is 8.24. The van der Waals surface area contributed by atoms with Crippen LogP contribution in [0, 0.1) is 0 Å². The summed E-state index contributed by atoms with van der Waals surface area (Å²) in [4.78, 5) is 24.0. The number of hydrazine groups is 1. The first-order valence-corrected chi connectivity index (χ1v) is 8.33. The molecule has 8 nitrogen and oxygen atoms in total. The molecule has 0 spiro atoms. The van der Waals surface area contributed by atoms with E-state index in [0.29, 0.717) is 15.1 Å². The van der Waals surface area contributed by atoms with Crippen molar-refractivity contribution in [2.75, 3.05) is 12.4 Å². The third kappa shape index (κ3) is 3.89. The number of amides is 4. The van der Waals surface area contributed by atoms with E-state index in [1.807, 2.05) is 19.9 Å². The van der Waals surface area contributed by atoms with E-state index >= 15 is 0 Å². The predicted octanol–water partition coefficient (Wildman–Crippen LogP) is 2.19. The molecular formula is C14H19N5O3S2. The Morgan fingerprint density at radius 2 is 1.96 bits per heavy atom. The van der Waals surface area contributed by atoms with Crippen molar-refractivity contribution in [1.29, 1.82) is 0 Å². The van der Waals surface area contributed by atoms with E-state index in [2.05, 4.69) is 16.1 Å². The molecule has 2 rings (SSSR count). The number of carbonyl (C=O) groups excluding carboxylic acids is 2. The summed E-state index contributed by atoms with van der Waals surface area (Å²) in [6, 6.07) is 7.66. The molecule has 1 heterocycles. The molecule has 1 aliphatic rings. The van der Waals surface area contributed by atoms with Gasteiger partial charge >= 0.3 is 12.1 Å². The number of hydrogen-bond donors (Lipinski definition) is 4. The number of thiocarbonyl (C=S) groups is 1. The molecule has 0 bridgehead atoms. The molecular weight excluding hydrogens is 350 g/mol. The van der Waals surface area contributed by atoms with Crippen LogP contribution in [0.5, 0.6) is 0 Å². The van der Waals surface area contributed by atoms with Crippen molar-refractivity contribution in [3.63, 3.8) is 0 Å². The van der Waals surface area contributed by atoms with Gasteiger partial charge < -0.3 is 10.6 Å². The number of benzene rings is 1. The Morgan fingerprint density at radius 1 is 1.33 bits per heavy atom. The van der Waals surface area contributed by atoms with Gasteiger partial charge in [-0.3, -0.25) is 5.21 Å². The maximum absolute atomic E-state index is 12.2. The minimum Gasteiger partial charge on any atom is -0.339 e. The van der Waals surface area contributed by atoms with E-state index in [0.717, 1.165) is 0 Å². The van der Waals surface area contributed by atoms with Gasteiger partial charge in [-0.15, -0.1) is 0 Å². The first kappa shape index (κ1) is 18.3. The molecule has 1 aliphatic heterocycles. The van der Waals surface area contributed by atoms with Crippen molar-refractivity contribution in [3.8, 4) is 0 Å². The smallest absolute Gasteiger partial charge is 0.339 e. The number of thioether (sulfide) groups is 1. The lowest BCUT2D eigenvalue weighted by Gasteiger charge is -2.36. The number of hydrogen-bond acceptors (Lipinski definition) is 5. The second-order valence-electron chi connectivity index (χ2n) is 5.55. The lowest BCUT2D eigenvalue weighted by Crippen LogP contribution is -2.61. The average Bonchev–Trinajstić information content (AvgIpc) is 2.75. The van der Waals surface area contributed by atoms with Crippen molar-refractivity contribution in [2.45, 2.75) is 24.8 Å². The summed E-state index contributed by atoms with van der Waals surface area (Å²) in [6.45, 7) is 3.63. The fourth-order valence-electron chi connectivity index (χ4n) is 2.26. The first-order valence-electron chi connectivity index (χ1n) is 7.11. The quantitative estimate of drug-likeness (QED) is 0.370. The Labute approximate surface area is 149 Å². The van der Waals surface area contributed by atoms with Crippen LogP contribution < -0.4 is 16.1 Å². The summed E-state index contributed by atoms with van der Waals surface area (Å²) in [5.41, 5.74) is 3.19. The van der Waals surface area contributed by atoms with E-state index in [1.165, 1.54) is 23.8 Å². The molecule has 1 fully saturated rings. The molecule has 0 radical (unpaired) electrons. The summed E-state index contributed by atoms with van der Waals surface area (Å²) in [7, 11) is 1.40. The van der Waals surface area contributed by atoms with Crippen molar-refractivity contribution in [3.05, 3.63) is 30.3 Å². The van der Waals surface area contributed by atoms with Gasteiger partial charge in [-0.1, -0.05) is 42.2 Å². The Kier molecular flexibility index (Phi) is 5.52. The van der Waals surface area contributed by atoms with E-state index in [4.69, 9.17) is 12.2 Å². The Bertz CT molecular complexity index is 641. The zero-order valence-electron chi connectivity index (χ0n) is 13.4. The van der Waals surface area contributed by atoms with Gasteiger partial charge in [0, 0.05) is 12.7 Å². The van der Waals surface area contributed by atoms with E-state index in [-0.39, 0.29) is 0 Å². The fraction of sp³-hybridized carbons (Fsp3) is 0.357. The van der Waals surface area contributed by atoms with Gasteiger partial charge in [-0.2, -0.15) is 5.06 Å². The van der Waals surface area contributed by atoms with Crippen LogP contribution in [0.15, 0.2) is 30.3 Å². The summed E-state index contributed by atoms with van der Waals surface area (Å²) >= 11 is 6.55. The molecule has 4 amide bonds. The number of nitrogens with zero attached hydrogens (tertiary/aromatic N) is 2. The van der Waals surface area contributed by atoms with Crippen LogP contribution in [0.3, 0.4) is 0 Å². The standard InChI is InChI=1S/C14H19N5O3S2/c1-14(2)10(19(22)12(21)15-3)18(13(23)24-14)17-11(20)16-9-7-5-4-6-8-9/h4-8,10,22H,1-3H3,(H,15,21)(H2,16,17,20)/t10-/m0/s1. The van der Waals surface area contributed by atoms with Crippen LogP contribution in [0.4, 0.5) is 15.3 Å². The molecule has 1 aromatic carbocycles. The summed E-state index contributed by atoms with van der Waals surface area (Å²) in [6.07, 6.45) is -0.864. The third-order valence-electron chi connectivity index (χ3n) is 3.32. The molecule has 0 unspecified atom stereocenters. The summed E-state index contributed by atoms with van der Waals surface area (Å²) in [5, 5.41) is 17.0. The largest absolute Gasteiger partial charge is 0.343 e. The maximum atomic E-state index is 12.2. The van der Waals surface area contributed by atoms with Crippen LogP contribution >= 0.6 is 24.0 Å². The van der Waals surface area contributed by atoms with Crippen LogP contribution in [0.1, 0.15) is 13.8 Å². The van der Waals surface area contributed by atoms with Crippen molar-refractivity contribution in [2.24, 2.45) is 0 Å². The highest BCUT2D eigenvalue weighted by atomic mass is 32.2. The Morgan fingerprint density at radius 3 is 2.54 bits per heavy atom. The van der Waals surface area contributed by atoms with Crippen molar-refractivity contribution >= 4 is 46.0 Å². The highest BCUT2D eigenvalue weighted by Crippen LogP contribution is 2.41. The molecule has 1 aromatic rings. The number of carbonyl (C=O) groups is 2. The molecule has 24 heavy (non-hydrogen) atoms. The zero-order chi connectivity index (χ0) is 17.9. The van der Waals surface area contributed by atoms with Gasteiger partial charge in [0.1, 0.15) is 0 Å². The van der Waals surface area contributed by atoms with Crippen LogP contribution in [-0.2, 0) is 0 Å². The van der Waals surface area contributed by atoms with Gasteiger partial charge in [0.15, 0.2) is 10.5 Å². The van der Waals surface area contributed by atoms with E-state index in [9.17, 15) is 14.8 Å². The Balaban J connectivity index is 2.15. The first-order chi connectivity index (χ1) is 11.3. The molecule has 1 atom stereocenters. The summed E-state index contributed by atoms with van der Waals surface area (Å²) in [5.74, 6) is 0. The lowest BCUT2D eigenvalue weighted by molar-refractivity contribution is -0.123. The second kappa shape index (κ2) is 7.24. The number of nitrogens with one attached hydrogen (secondary N) is 3. The van der Waals surface area contributed by atoms with Crippen LogP contribution in [0.25, 0.3) is 0 Å². The number of anilines is 1. The molecule has 0 aromatic heterocycles. The fourth-order valence-corrected chi connectivity index (χ4v) is 4.06. The zero-order valence-corrected chi connectivity index (χ0v) is 15.1. The maximum Gasteiger partial charge on any atom is 0.343 e. The lowest BCUT2D eigenvalue weighted by atomic mass is 10.1. The van der Waals surface area contributed by atoms with Gasteiger partial charge in [-0.25, -0.2) is 20.0 Å². The molecule has 4 N–H and O–H groups in total. The average molecular weight is 369 g/mol. The minimum absolute atomic E-state index is 0.344. The summed E-state index contributed by atoms with van der Waals surface area (Å²) < 4.78 is -0.283. The normalized spacial score (nSPS) is 18.9. The number of urea groups is 2. The van der Waals surface area contributed by atoms with Crippen molar-refractivity contribution in [1.82, 2.24) is 20.8 Å². The number of para-hydroxylation sites is 1.